The van der Waals surface area contributed by atoms with Crippen molar-refractivity contribution < 1.29 is 31.5 Å². The van der Waals surface area contributed by atoms with Crippen LogP contribution in [0, 0.1) is 0 Å². The Morgan fingerprint density at radius 1 is 0.857 bits per heavy atom. The highest BCUT2D eigenvalue weighted by Gasteiger charge is 2.32. The lowest BCUT2D eigenvalue weighted by atomic mass is 10.1. The van der Waals surface area contributed by atoms with Gasteiger partial charge in [0, 0.05) is 44.5 Å². The van der Waals surface area contributed by atoms with Crippen LogP contribution in [0.25, 0.3) is 0 Å². The van der Waals surface area contributed by atoms with Crippen molar-refractivity contribution in [3.63, 3.8) is 0 Å². The van der Waals surface area contributed by atoms with E-state index in [1.165, 1.54) is 46.2 Å². The number of alkyl halides is 5. The predicted molar refractivity (Wildman–Crippen MR) is 135 cm³/mol. The van der Waals surface area contributed by atoms with Crippen molar-refractivity contribution in [2.75, 3.05) is 0 Å². The molecule has 0 aliphatic rings. The number of aryl methyl sites for hydroxylation is 2. The van der Waals surface area contributed by atoms with Crippen molar-refractivity contribution in [3.8, 4) is 0 Å². The Labute approximate surface area is 235 Å². The van der Waals surface area contributed by atoms with Crippen LogP contribution in [0.1, 0.15) is 63.3 Å². The van der Waals surface area contributed by atoms with E-state index in [0.717, 1.165) is 19.2 Å². The SMILES string of the molecule is CC(F)(F)c1cncc(CNC(=O)c2cn(CCCCn3cc(C(=O)NCc4cccc(C(F)(F)F)n4)nn3)nn2)c1. The molecule has 0 fully saturated rings. The van der Waals surface area contributed by atoms with E-state index in [2.05, 4.69) is 41.2 Å². The van der Waals surface area contributed by atoms with Crippen LogP contribution < -0.4 is 10.6 Å². The standard InChI is InChI=1S/C25H25F5N10O2/c1-24(26,27)17-9-16(10-31-12-17)11-32-22(41)19-14-39(37-35-19)7-2-3-8-40-15-20(36-38-40)23(42)33-13-18-5-4-6-21(34-18)25(28,29)30/h4-6,9-10,12,14-15H,2-3,7-8,11,13H2,1H3,(H,32,41)(H,33,42). The van der Waals surface area contributed by atoms with Gasteiger partial charge in [0.2, 0.25) is 0 Å². The zero-order valence-electron chi connectivity index (χ0n) is 22.1. The minimum absolute atomic E-state index is 0.000166. The summed E-state index contributed by atoms with van der Waals surface area (Å²) < 4.78 is 68.3. The number of rotatable bonds is 12. The van der Waals surface area contributed by atoms with Gasteiger partial charge >= 0.3 is 6.18 Å². The molecule has 4 heterocycles. The van der Waals surface area contributed by atoms with Gasteiger partial charge in [-0.1, -0.05) is 16.5 Å². The lowest BCUT2D eigenvalue weighted by molar-refractivity contribution is -0.141. The summed E-state index contributed by atoms with van der Waals surface area (Å²) in [4.78, 5) is 32.0. The van der Waals surface area contributed by atoms with E-state index in [-0.39, 0.29) is 35.7 Å². The third kappa shape index (κ3) is 8.34. The van der Waals surface area contributed by atoms with Crippen molar-refractivity contribution >= 4 is 11.8 Å². The molecular formula is C25H25F5N10O2. The van der Waals surface area contributed by atoms with Gasteiger partial charge in [-0.3, -0.25) is 23.9 Å². The summed E-state index contributed by atoms with van der Waals surface area (Å²) in [7, 11) is 0. The van der Waals surface area contributed by atoms with Crippen LogP contribution in [0.5, 0.6) is 0 Å². The van der Waals surface area contributed by atoms with Crippen LogP contribution in [0.3, 0.4) is 0 Å². The lowest BCUT2D eigenvalue weighted by Crippen LogP contribution is -2.24. The molecule has 0 aliphatic heterocycles. The largest absolute Gasteiger partial charge is 0.433 e. The molecule has 0 aromatic carbocycles. The molecule has 0 aliphatic carbocycles. The first kappa shape index (κ1) is 30.1. The van der Waals surface area contributed by atoms with E-state index in [1.807, 2.05) is 0 Å². The normalized spacial score (nSPS) is 11.9. The number of nitrogens with zero attached hydrogens (tertiary/aromatic N) is 8. The molecule has 4 aromatic heterocycles. The molecule has 42 heavy (non-hydrogen) atoms. The molecule has 17 heteroatoms. The summed E-state index contributed by atoms with van der Waals surface area (Å²) in [5.74, 6) is -4.18. The molecule has 4 aromatic rings. The van der Waals surface area contributed by atoms with E-state index in [9.17, 15) is 31.5 Å². The van der Waals surface area contributed by atoms with E-state index < -0.39 is 29.6 Å². The Bertz CT molecular complexity index is 1420. The van der Waals surface area contributed by atoms with Crippen molar-refractivity contribution in [1.29, 1.82) is 0 Å². The maximum absolute atomic E-state index is 13.5. The Kier molecular flexibility index (Phi) is 9.17. The molecule has 222 valence electrons. The first-order valence-corrected chi connectivity index (χ1v) is 12.6. The average Bonchev–Trinajstić information content (AvgIpc) is 3.62. The number of nitrogens with one attached hydrogen (secondary N) is 2. The van der Waals surface area contributed by atoms with Crippen molar-refractivity contribution in [2.45, 2.75) is 58.0 Å². The van der Waals surface area contributed by atoms with Gasteiger partial charge in [-0.25, -0.2) is 13.8 Å². The lowest BCUT2D eigenvalue weighted by Gasteiger charge is -2.11. The van der Waals surface area contributed by atoms with Crippen molar-refractivity contribution in [2.24, 2.45) is 0 Å². The highest BCUT2D eigenvalue weighted by Crippen LogP contribution is 2.27. The Hall–Kier alpha value is -4.83. The molecule has 4 rings (SSSR count). The summed E-state index contributed by atoms with van der Waals surface area (Å²) in [5, 5.41) is 20.5. The van der Waals surface area contributed by atoms with Gasteiger partial charge in [0.05, 0.1) is 24.6 Å². The average molecular weight is 593 g/mol. The molecule has 2 N–H and O–H groups in total. The summed E-state index contributed by atoms with van der Waals surface area (Å²) >= 11 is 0. The summed E-state index contributed by atoms with van der Waals surface area (Å²) in [6.07, 6.45) is 1.99. The maximum atomic E-state index is 13.5. The Morgan fingerprint density at radius 3 is 2.02 bits per heavy atom. The number of carbonyl (C=O) groups is 2. The second kappa shape index (κ2) is 12.8. The molecule has 0 unspecified atom stereocenters. The van der Waals surface area contributed by atoms with Gasteiger partial charge in [-0.15, -0.1) is 10.2 Å². The topological polar surface area (TPSA) is 145 Å². The summed E-state index contributed by atoms with van der Waals surface area (Å²) in [6.45, 7) is 1.39. The predicted octanol–water partition coefficient (Wildman–Crippen LogP) is 3.13. The molecule has 0 bridgehead atoms. The maximum Gasteiger partial charge on any atom is 0.433 e. The van der Waals surface area contributed by atoms with Gasteiger partial charge in [-0.2, -0.15) is 13.2 Å². The van der Waals surface area contributed by atoms with Gasteiger partial charge in [0.1, 0.15) is 5.69 Å². The zero-order valence-corrected chi connectivity index (χ0v) is 22.1. The van der Waals surface area contributed by atoms with Gasteiger partial charge in [0.15, 0.2) is 11.4 Å². The highest BCUT2D eigenvalue weighted by molar-refractivity contribution is 5.92. The molecular weight excluding hydrogens is 567 g/mol. The monoisotopic (exact) mass is 592 g/mol. The third-order valence-electron chi connectivity index (χ3n) is 5.85. The number of pyridine rings is 2. The Balaban J connectivity index is 1.18. The van der Waals surface area contributed by atoms with Crippen molar-refractivity contribution in [3.05, 3.63) is 83.0 Å². The van der Waals surface area contributed by atoms with Crippen LogP contribution in [-0.4, -0.2) is 51.8 Å². The summed E-state index contributed by atoms with van der Waals surface area (Å²) in [6, 6.07) is 4.69. The van der Waals surface area contributed by atoms with Crippen LogP contribution >= 0.6 is 0 Å². The fraction of sp³-hybridized carbons (Fsp3) is 0.360. The number of aromatic nitrogens is 8. The van der Waals surface area contributed by atoms with Crippen LogP contribution in [-0.2, 0) is 38.3 Å². The molecule has 0 saturated heterocycles. The number of carbonyl (C=O) groups excluding carboxylic acids is 2. The molecule has 0 radical (unpaired) electrons. The minimum atomic E-state index is -4.58. The molecule has 0 saturated carbocycles. The number of hydrogen-bond donors (Lipinski definition) is 2. The smallest absolute Gasteiger partial charge is 0.346 e. The number of unbranched alkanes of at least 4 members (excludes halogenated alkanes) is 1. The highest BCUT2D eigenvalue weighted by atomic mass is 19.4. The second-order valence-electron chi connectivity index (χ2n) is 9.29. The molecule has 0 spiro atoms. The van der Waals surface area contributed by atoms with Crippen LogP contribution in [0.2, 0.25) is 0 Å². The minimum Gasteiger partial charge on any atom is -0.346 e. The molecule has 0 atom stereocenters. The number of halogens is 5. The third-order valence-corrected chi connectivity index (χ3v) is 5.85. The fourth-order valence-corrected chi connectivity index (χ4v) is 3.67. The van der Waals surface area contributed by atoms with Gasteiger partial charge in [-0.05, 0) is 36.6 Å². The first-order valence-electron chi connectivity index (χ1n) is 12.6. The fourth-order valence-electron chi connectivity index (χ4n) is 3.67. The van der Waals surface area contributed by atoms with Crippen LogP contribution in [0.15, 0.2) is 49.1 Å². The zero-order chi connectivity index (χ0) is 30.3. The Morgan fingerprint density at radius 2 is 1.45 bits per heavy atom. The summed E-state index contributed by atoms with van der Waals surface area (Å²) in [5.41, 5.74) is -0.778. The van der Waals surface area contributed by atoms with E-state index in [4.69, 9.17) is 0 Å². The molecule has 2 amide bonds. The quantitative estimate of drug-likeness (QED) is 0.189. The van der Waals surface area contributed by atoms with Crippen molar-refractivity contribution in [1.82, 2.24) is 50.6 Å². The van der Waals surface area contributed by atoms with E-state index in [0.29, 0.717) is 31.5 Å². The first-order chi connectivity index (χ1) is 19.9. The van der Waals surface area contributed by atoms with Crippen LogP contribution in [0.4, 0.5) is 22.0 Å². The molecule has 12 nitrogen and oxygen atoms in total. The van der Waals surface area contributed by atoms with E-state index >= 15 is 0 Å². The van der Waals surface area contributed by atoms with Gasteiger partial charge in [0.25, 0.3) is 17.7 Å². The second-order valence-corrected chi connectivity index (χ2v) is 9.29. The van der Waals surface area contributed by atoms with E-state index in [1.54, 1.807) is 0 Å². The number of amides is 2. The number of hydrogen-bond acceptors (Lipinski definition) is 8. The van der Waals surface area contributed by atoms with Gasteiger partial charge < -0.3 is 10.6 Å².